The summed E-state index contributed by atoms with van der Waals surface area (Å²) in [5.41, 5.74) is 2.74. The molecule has 0 amide bonds. The van der Waals surface area contributed by atoms with Gasteiger partial charge in [-0.2, -0.15) is 0 Å². The van der Waals surface area contributed by atoms with Crippen LogP contribution in [0.4, 0.5) is 5.69 Å². The van der Waals surface area contributed by atoms with Crippen molar-refractivity contribution >= 4 is 5.69 Å². The highest BCUT2D eigenvalue weighted by Crippen LogP contribution is 2.28. The summed E-state index contributed by atoms with van der Waals surface area (Å²) >= 11 is 0. The van der Waals surface area contributed by atoms with Crippen LogP contribution < -0.4 is 10.2 Å². The number of para-hydroxylation sites is 1. The maximum atomic E-state index is 3.82. The van der Waals surface area contributed by atoms with E-state index in [1.807, 2.05) is 0 Å². The minimum absolute atomic E-state index is 0.634. The normalized spacial score (nSPS) is 17.7. The Morgan fingerprint density at radius 2 is 1.90 bits per heavy atom. The van der Waals surface area contributed by atoms with E-state index in [1.54, 1.807) is 0 Å². The molecule has 0 aliphatic heterocycles. The summed E-state index contributed by atoms with van der Waals surface area (Å²) in [6, 6.07) is 9.36. The zero-order chi connectivity index (χ0) is 15.1. The Hall–Kier alpha value is -1.02. The van der Waals surface area contributed by atoms with Crippen molar-refractivity contribution in [2.24, 2.45) is 5.92 Å². The Bertz CT molecular complexity index is 410. The number of aryl methyl sites for hydroxylation is 1. The molecule has 0 saturated heterocycles. The molecule has 0 radical (unpaired) electrons. The van der Waals surface area contributed by atoms with Gasteiger partial charge in [0.1, 0.15) is 0 Å². The van der Waals surface area contributed by atoms with Crippen molar-refractivity contribution in [2.45, 2.75) is 58.4 Å². The molecule has 1 aliphatic carbocycles. The largest absolute Gasteiger partial charge is 0.373 e. The van der Waals surface area contributed by atoms with Gasteiger partial charge in [-0.1, -0.05) is 44.4 Å². The predicted molar refractivity (Wildman–Crippen MR) is 93.1 cm³/mol. The fourth-order valence-corrected chi connectivity index (χ4v) is 3.63. The zero-order valence-corrected chi connectivity index (χ0v) is 14.1. The Morgan fingerprint density at radius 3 is 2.57 bits per heavy atom. The van der Waals surface area contributed by atoms with Crippen molar-refractivity contribution in [2.75, 3.05) is 25.0 Å². The second kappa shape index (κ2) is 8.43. The van der Waals surface area contributed by atoms with Crippen LogP contribution in [0.15, 0.2) is 24.3 Å². The summed E-state index contributed by atoms with van der Waals surface area (Å²) in [7, 11) is 2.24. The van der Waals surface area contributed by atoms with Crippen molar-refractivity contribution in [3.8, 4) is 0 Å². The maximum absolute atomic E-state index is 3.82. The fraction of sp³-hybridized carbons (Fsp3) is 0.684. The first-order chi connectivity index (χ1) is 10.2. The van der Waals surface area contributed by atoms with Crippen molar-refractivity contribution in [3.05, 3.63) is 29.8 Å². The van der Waals surface area contributed by atoms with Gasteiger partial charge in [0, 0.05) is 25.3 Å². The molecule has 0 bridgehead atoms. The third kappa shape index (κ3) is 4.74. The SMILES string of the molecule is CCCNC(CN(C)c1ccccc1C)C1CCCCC1. The van der Waals surface area contributed by atoms with E-state index in [1.165, 1.54) is 49.8 Å². The van der Waals surface area contributed by atoms with Gasteiger partial charge in [0.05, 0.1) is 0 Å². The minimum atomic E-state index is 0.634. The molecule has 2 rings (SSSR count). The number of benzene rings is 1. The molecule has 1 N–H and O–H groups in total. The van der Waals surface area contributed by atoms with Crippen LogP contribution in [0.2, 0.25) is 0 Å². The van der Waals surface area contributed by atoms with Gasteiger partial charge in [-0.05, 0) is 50.3 Å². The highest BCUT2D eigenvalue weighted by atomic mass is 15.1. The third-order valence-electron chi connectivity index (χ3n) is 4.87. The second-order valence-electron chi connectivity index (χ2n) is 6.63. The maximum Gasteiger partial charge on any atom is 0.0393 e. The van der Waals surface area contributed by atoms with Crippen LogP contribution in [0, 0.1) is 12.8 Å². The lowest BCUT2D eigenvalue weighted by molar-refractivity contribution is 0.271. The summed E-state index contributed by atoms with van der Waals surface area (Å²) in [5, 5.41) is 3.82. The number of nitrogens with zero attached hydrogens (tertiary/aromatic N) is 1. The van der Waals surface area contributed by atoms with Gasteiger partial charge in [0.2, 0.25) is 0 Å². The molecule has 2 heteroatoms. The molecular formula is C19H32N2. The summed E-state index contributed by atoms with van der Waals surface area (Å²) in [6.45, 7) is 6.73. The molecule has 1 fully saturated rings. The topological polar surface area (TPSA) is 15.3 Å². The Labute approximate surface area is 130 Å². The van der Waals surface area contributed by atoms with Crippen LogP contribution in [0.3, 0.4) is 0 Å². The van der Waals surface area contributed by atoms with Crippen molar-refractivity contribution in [3.63, 3.8) is 0 Å². The minimum Gasteiger partial charge on any atom is -0.373 e. The van der Waals surface area contributed by atoms with Crippen molar-refractivity contribution in [1.29, 1.82) is 0 Å². The van der Waals surface area contributed by atoms with E-state index in [2.05, 4.69) is 55.4 Å². The predicted octanol–water partition coefficient (Wildman–Crippen LogP) is 4.38. The van der Waals surface area contributed by atoms with Crippen molar-refractivity contribution < 1.29 is 0 Å². The smallest absolute Gasteiger partial charge is 0.0393 e. The first-order valence-electron chi connectivity index (χ1n) is 8.72. The average molecular weight is 288 g/mol. The molecule has 0 spiro atoms. The highest BCUT2D eigenvalue weighted by molar-refractivity contribution is 5.52. The summed E-state index contributed by atoms with van der Waals surface area (Å²) in [4.78, 5) is 2.44. The monoisotopic (exact) mass is 288 g/mol. The van der Waals surface area contributed by atoms with E-state index in [0.29, 0.717) is 6.04 Å². The standard InChI is InChI=1S/C19H32N2/c1-4-14-20-18(17-11-6-5-7-12-17)15-21(3)19-13-9-8-10-16(19)2/h8-10,13,17-18,20H,4-7,11-12,14-15H2,1-3H3. The molecule has 21 heavy (non-hydrogen) atoms. The Kier molecular flexibility index (Phi) is 6.56. The summed E-state index contributed by atoms with van der Waals surface area (Å²) in [5.74, 6) is 0.858. The lowest BCUT2D eigenvalue weighted by atomic mass is 9.83. The van der Waals surface area contributed by atoms with Gasteiger partial charge in [0.15, 0.2) is 0 Å². The van der Waals surface area contributed by atoms with E-state index in [0.717, 1.165) is 19.0 Å². The number of hydrogen-bond acceptors (Lipinski definition) is 2. The molecule has 1 unspecified atom stereocenters. The van der Waals surface area contributed by atoms with Gasteiger partial charge >= 0.3 is 0 Å². The molecule has 1 aliphatic rings. The average Bonchev–Trinajstić information content (AvgIpc) is 2.52. The van der Waals surface area contributed by atoms with Crippen molar-refractivity contribution in [1.82, 2.24) is 5.32 Å². The first-order valence-corrected chi connectivity index (χ1v) is 8.72. The third-order valence-corrected chi connectivity index (χ3v) is 4.87. The van der Waals surface area contributed by atoms with Gasteiger partial charge in [-0.15, -0.1) is 0 Å². The van der Waals surface area contributed by atoms with Gasteiger partial charge in [-0.25, -0.2) is 0 Å². The van der Waals surface area contributed by atoms with Crippen LogP contribution >= 0.6 is 0 Å². The van der Waals surface area contributed by atoms with Crippen LogP contribution in [-0.2, 0) is 0 Å². The lowest BCUT2D eigenvalue weighted by Gasteiger charge is -2.35. The van der Waals surface area contributed by atoms with Gasteiger partial charge < -0.3 is 10.2 Å². The van der Waals surface area contributed by atoms with E-state index >= 15 is 0 Å². The molecule has 0 heterocycles. The zero-order valence-electron chi connectivity index (χ0n) is 14.1. The second-order valence-corrected chi connectivity index (χ2v) is 6.63. The number of rotatable bonds is 7. The Morgan fingerprint density at radius 1 is 1.19 bits per heavy atom. The molecular weight excluding hydrogens is 256 g/mol. The van der Waals surface area contributed by atoms with Crippen LogP contribution in [0.5, 0.6) is 0 Å². The Balaban J connectivity index is 2.01. The molecule has 118 valence electrons. The van der Waals surface area contributed by atoms with Crippen LogP contribution in [0.25, 0.3) is 0 Å². The van der Waals surface area contributed by atoms with E-state index in [-0.39, 0.29) is 0 Å². The van der Waals surface area contributed by atoms with Crippen LogP contribution in [0.1, 0.15) is 51.0 Å². The van der Waals surface area contributed by atoms with Gasteiger partial charge in [-0.3, -0.25) is 0 Å². The molecule has 1 aromatic rings. The highest BCUT2D eigenvalue weighted by Gasteiger charge is 2.24. The quantitative estimate of drug-likeness (QED) is 0.801. The first kappa shape index (κ1) is 16.4. The number of hydrogen-bond donors (Lipinski definition) is 1. The lowest BCUT2D eigenvalue weighted by Crippen LogP contribution is -2.45. The molecule has 1 atom stereocenters. The number of likely N-dealkylation sites (N-methyl/N-ethyl adjacent to an activating group) is 1. The number of anilines is 1. The van der Waals surface area contributed by atoms with E-state index in [4.69, 9.17) is 0 Å². The number of nitrogens with one attached hydrogen (secondary N) is 1. The molecule has 0 aromatic heterocycles. The molecule has 1 aromatic carbocycles. The molecule has 1 saturated carbocycles. The van der Waals surface area contributed by atoms with Crippen LogP contribution in [-0.4, -0.2) is 26.2 Å². The van der Waals surface area contributed by atoms with E-state index < -0.39 is 0 Å². The summed E-state index contributed by atoms with van der Waals surface area (Å²) in [6.07, 6.45) is 8.31. The fourth-order valence-electron chi connectivity index (χ4n) is 3.63. The molecule has 2 nitrogen and oxygen atoms in total. The van der Waals surface area contributed by atoms with Gasteiger partial charge in [0.25, 0.3) is 0 Å². The summed E-state index contributed by atoms with van der Waals surface area (Å²) < 4.78 is 0. The van der Waals surface area contributed by atoms with E-state index in [9.17, 15) is 0 Å².